The molecule has 1 aliphatic carbocycles. The van der Waals surface area contributed by atoms with E-state index in [4.69, 9.17) is 5.26 Å². The van der Waals surface area contributed by atoms with E-state index >= 15 is 0 Å². The molecule has 0 N–H and O–H groups in total. The van der Waals surface area contributed by atoms with Crippen molar-refractivity contribution in [3.63, 3.8) is 0 Å². The van der Waals surface area contributed by atoms with Crippen LogP contribution in [0, 0.1) is 11.3 Å². The second-order valence-electron chi connectivity index (χ2n) is 4.99. The van der Waals surface area contributed by atoms with E-state index in [2.05, 4.69) is 27.8 Å². The standard InChI is InChI=1S/C14H19N3OS/c1-16(7-2-6-15)14(18)10-17(13-3-4-13)9-12-5-8-19-11-12/h5,8,11,13H,2-4,7,9-10H2,1H3. The van der Waals surface area contributed by atoms with Crippen molar-refractivity contribution in [1.29, 1.82) is 5.26 Å². The van der Waals surface area contributed by atoms with Crippen LogP contribution >= 0.6 is 11.3 Å². The Morgan fingerprint density at radius 1 is 1.58 bits per heavy atom. The van der Waals surface area contributed by atoms with Crippen LogP contribution in [-0.2, 0) is 11.3 Å². The van der Waals surface area contributed by atoms with E-state index in [9.17, 15) is 4.79 Å². The molecule has 0 radical (unpaired) electrons. The number of thiophene rings is 1. The van der Waals surface area contributed by atoms with Crippen molar-refractivity contribution in [1.82, 2.24) is 9.80 Å². The fourth-order valence-electron chi connectivity index (χ4n) is 2.01. The van der Waals surface area contributed by atoms with Gasteiger partial charge < -0.3 is 4.90 Å². The molecule has 1 aromatic rings. The van der Waals surface area contributed by atoms with E-state index in [1.54, 1.807) is 23.3 Å². The number of likely N-dealkylation sites (N-methyl/N-ethyl adjacent to an activating group) is 1. The number of nitriles is 1. The van der Waals surface area contributed by atoms with Crippen LogP contribution in [0.2, 0.25) is 0 Å². The number of carbonyl (C=O) groups is 1. The molecule has 102 valence electrons. The first-order valence-electron chi connectivity index (χ1n) is 6.56. The lowest BCUT2D eigenvalue weighted by molar-refractivity contribution is -0.131. The zero-order valence-corrected chi connectivity index (χ0v) is 12.0. The van der Waals surface area contributed by atoms with Crippen LogP contribution in [0.5, 0.6) is 0 Å². The Bertz CT molecular complexity index is 448. The van der Waals surface area contributed by atoms with Gasteiger partial charge in [-0.1, -0.05) is 0 Å². The summed E-state index contributed by atoms with van der Waals surface area (Å²) in [5, 5.41) is 12.8. The highest BCUT2D eigenvalue weighted by Crippen LogP contribution is 2.28. The molecule has 0 spiro atoms. The quantitative estimate of drug-likeness (QED) is 0.766. The Balaban J connectivity index is 1.86. The maximum Gasteiger partial charge on any atom is 0.236 e. The summed E-state index contributed by atoms with van der Waals surface area (Å²) in [6, 6.07) is 4.75. The third kappa shape index (κ3) is 4.34. The average molecular weight is 277 g/mol. The SMILES string of the molecule is CN(CCC#N)C(=O)CN(Cc1ccsc1)C1CC1. The summed E-state index contributed by atoms with van der Waals surface area (Å²) in [6.07, 6.45) is 2.79. The minimum Gasteiger partial charge on any atom is -0.344 e. The van der Waals surface area contributed by atoms with Crippen molar-refractivity contribution in [2.75, 3.05) is 20.1 Å². The predicted molar refractivity (Wildman–Crippen MR) is 75.6 cm³/mol. The lowest BCUT2D eigenvalue weighted by atomic mass is 10.3. The number of hydrogen-bond donors (Lipinski definition) is 0. The van der Waals surface area contributed by atoms with Crippen molar-refractivity contribution < 1.29 is 4.79 Å². The van der Waals surface area contributed by atoms with Gasteiger partial charge in [0.25, 0.3) is 0 Å². The number of amides is 1. The van der Waals surface area contributed by atoms with Gasteiger partial charge in [-0.2, -0.15) is 16.6 Å². The van der Waals surface area contributed by atoms with Gasteiger partial charge in [0.15, 0.2) is 0 Å². The number of rotatable bonds is 7. The monoisotopic (exact) mass is 277 g/mol. The lowest BCUT2D eigenvalue weighted by Gasteiger charge is -2.24. The Morgan fingerprint density at radius 2 is 2.37 bits per heavy atom. The van der Waals surface area contributed by atoms with Gasteiger partial charge in [-0.05, 0) is 35.2 Å². The van der Waals surface area contributed by atoms with Gasteiger partial charge in [-0.25, -0.2) is 0 Å². The topological polar surface area (TPSA) is 47.3 Å². The lowest BCUT2D eigenvalue weighted by Crippen LogP contribution is -2.39. The van der Waals surface area contributed by atoms with Gasteiger partial charge in [0.1, 0.15) is 0 Å². The molecule has 0 aromatic carbocycles. The largest absolute Gasteiger partial charge is 0.344 e. The first-order chi connectivity index (χ1) is 9.20. The fourth-order valence-corrected chi connectivity index (χ4v) is 2.67. The normalized spacial score (nSPS) is 14.4. The van der Waals surface area contributed by atoms with E-state index in [1.165, 1.54) is 18.4 Å². The first-order valence-corrected chi connectivity index (χ1v) is 7.51. The predicted octanol–water partition coefficient (Wildman–Crippen LogP) is 2.08. The molecule has 1 aromatic heterocycles. The molecule has 2 rings (SSSR count). The minimum atomic E-state index is 0.109. The molecule has 0 saturated heterocycles. The molecule has 0 atom stereocenters. The van der Waals surface area contributed by atoms with E-state index < -0.39 is 0 Å². The molecule has 1 aliphatic rings. The summed E-state index contributed by atoms with van der Waals surface area (Å²) >= 11 is 1.69. The molecule has 5 heteroatoms. The van der Waals surface area contributed by atoms with Crippen LogP contribution in [0.15, 0.2) is 16.8 Å². The maximum atomic E-state index is 12.1. The fraction of sp³-hybridized carbons (Fsp3) is 0.571. The van der Waals surface area contributed by atoms with Crippen LogP contribution in [0.4, 0.5) is 0 Å². The van der Waals surface area contributed by atoms with Gasteiger partial charge in [-0.15, -0.1) is 0 Å². The summed E-state index contributed by atoms with van der Waals surface area (Å²) < 4.78 is 0. The molecule has 0 aliphatic heterocycles. The highest BCUT2D eigenvalue weighted by molar-refractivity contribution is 7.07. The number of carbonyl (C=O) groups excluding carboxylic acids is 1. The minimum absolute atomic E-state index is 0.109. The Morgan fingerprint density at radius 3 is 2.95 bits per heavy atom. The van der Waals surface area contributed by atoms with Crippen molar-refractivity contribution >= 4 is 17.2 Å². The van der Waals surface area contributed by atoms with Gasteiger partial charge in [0.05, 0.1) is 19.0 Å². The summed E-state index contributed by atoms with van der Waals surface area (Å²) in [6.45, 7) is 1.83. The smallest absolute Gasteiger partial charge is 0.236 e. The molecule has 1 saturated carbocycles. The molecule has 1 fully saturated rings. The summed E-state index contributed by atoms with van der Waals surface area (Å²) in [5.74, 6) is 0.109. The third-order valence-electron chi connectivity index (χ3n) is 3.35. The molecule has 19 heavy (non-hydrogen) atoms. The number of hydrogen-bond acceptors (Lipinski definition) is 4. The Hall–Kier alpha value is -1.38. The van der Waals surface area contributed by atoms with Crippen molar-refractivity contribution in [3.05, 3.63) is 22.4 Å². The van der Waals surface area contributed by atoms with E-state index in [1.807, 2.05) is 0 Å². The molecule has 1 heterocycles. The van der Waals surface area contributed by atoms with Crippen molar-refractivity contribution in [2.45, 2.75) is 31.8 Å². The molecular formula is C14H19N3OS. The Kier molecular flexibility index (Phi) is 4.94. The highest BCUT2D eigenvalue weighted by Gasteiger charge is 2.30. The second kappa shape index (κ2) is 6.69. The van der Waals surface area contributed by atoms with E-state index in [-0.39, 0.29) is 5.91 Å². The van der Waals surface area contributed by atoms with Gasteiger partial charge in [0, 0.05) is 26.2 Å². The van der Waals surface area contributed by atoms with Crippen molar-refractivity contribution in [2.24, 2.45) is 0 Å². The zero-order chi connectivity index (χ0) is 13.7. The highest BCUT2D eigenvalue weighted by atomic mass is 32.1. The zero-order valence-electron chi connectivity index (χ0n) is 11.2. The molecule has 1 amide bonds. The Labute approximate surface area is 118 Å². The van der Waals surface area contributed by atoms with Crippen molar-refractivity contribution in [3.8, 4) is 6.07 Å². The van der Waals surface area contributed by atoms with Crippen LogP contribution < -0.4 is 0 Å². The van der Waals surface area contributed by atoms with Crippen LogP contribution in [0.3, 0.4) is 0 Å². The third-order valence-corrected chi connectivity index (χ3v) is 4.08. The maximum absolute atomic E-state index is 12.1. The molecule has 4 nitrogen and oxygen atoms in total. The number of nitrogens with zero attached hydrogens (tertiary/aromatic N) is 3. The first kappa shape index (κ1) is 14.0. The molecule has 0 bridgehead atoms. The van der Waals surface area contributed by atoms with Gasteiger partial charge >= 0.3 is 0 Å². The van der Waals surface area contributed by atoms with Crippen LogP contribution in [0.25, 0.3) is 0 Å². The molecule has 0 unspecified atom stereocenters. The van der Waals surface area contributed by atoms with Crippen LogP contribution in [-0.4, -0.2) is 41.9 Å². The summed E-state index contributed by atoms with van der Waals surface area (Å²) in [5.41, 5.74) is 1.28. The van der Waals surface area contributed by atoms with E-state index in [0.29, 0.717) is 25.6 Å². The average Bonchev–Trinajstić information content (AvgIpc) is 3.13. The second-order valence-corrected chi connectivity index (χ2v) is 5.77. The van der Waals surface area contributed by atoms with Crippen LogP contribution in [0.1, 0.15) is 24.8 Å². The van der Waals surface area contributed by atoms with E-state index in [0.717, 1.165) is 6.54 Å². The van der Waals surface area contributed by atoms with Gasteiger partial charge in [-0.3, -0.25) is 9.69 Å². The molecular weight excluding hydrogens is 258 g/mol. The summed E-state index contributed by atoms with van der Waals surface area (Å²) in [7, 11) is 1.77. The van der Waals surface area contributed by atoms with Gasteiger partial charge in [0.2, 0.25) is 5.91 Å². The summed E-state index contributed by atoms with van der Waals surface area (Å²) in [4.78, 5) is 16.0.